The van der Waals surface area contributed by atoms with Gasteiger partial charge in [-0.2, -0.15) is 5.26 Å². The molecule has 1 heterocycles. The molecule has 0 fully saturated rings. The maximum atomic E-state index is 12.2. The van der Waals surface area contributed by atoms with Crippen LogP contribution in [0.25, 0.3) is 0 Å². The second-order valence-corrected chi connectivity index (χ2v) is 6.00. The number of carbonyl (C=O) groups excluding carboxylic acids is 1. The van der Waals surface area contributed by atoms with Gasteiger partial charge >= 0.3 is 0 Å². The van der Waals surface area contributed by atoms with Crippen molar-refractivity contribution in [2.75, 3.05) is 5.32 Å². The molecule has 0 aliphatic rings. The zero-order valence-electron chi connectivity index (χ0n) is 13.7. The van der Waals surface area contributed by atoms with Gasteiger partial charge in [0.05, 0.1) is 17.2 Å². The third kappa shape index (κ3) is 4.59. The SMILES string of the molecule is N#Cc1cccc(Nc2ccc(C(=O)NCc3ccc(Cl)cc3)cn2)c1. The minimum absolute atomic E-state index is 0.203. The van der Waals surface area contributed by atoms with Gasteiger partial charge in [0, 0.05) is 23.5 Å². The van der Waals surface area contributed by atoms with E-state index in [0.29, 0.717) is 28.5 Å². The topological polar surface area (TPSA) is 77.8 Å². The van der Waals surface area contributed by atoms with Crippen molar-refractivity contribution in [1.82, 2.24) is 10.3 Å². The maximum absolute atomic E-state index is 12.2. The van der Waals surface area contributed by atoms with Gasteiger partial charge in [0.1, 0.15) is 5.82 Å². The Hall–Kier alpha value is -3.36. The van der Waals surface area contributed by atoms with Crippen LogP contribution in [0.1, 0.15) is 21.5 Å². The summed E-state index contributed by atoms with van der Waals surface area (Å²) < 4.78 is 0. The second kappa shape index (κ2) is 8.15. The number of hydrogen-bond acceptors (Lipinski definition) is 4. The molecular formula is C20H15ClN4O. The Balaban J connectivity index is 1.60. The lowest BCUT2D eigenvalue weighted by molar-refractivity contribution is 0.0950. The van der Waals surface area contributed by atoms with Crippen molar-refractivity contribution in [2.24, 2.45) is 0 Å². The first-order valence-corrected chi connectivity index (χ1v) is 8.28. The zero-order chi connectivity index (χ0) is 18.4. The molecule has 3 rings (SSSR count). The molecule has 0 saturated heterocycles. The quantitative estimate of drug-likeness (QED) is 0.710. The molecule has 0 unspecified atom stereocenters. The number of halogens is 1. The van der Waals surface area contributed by atoms with Crippen molar-refractivity contribution in [3.8, 4) is 6.07 Å². The van der Waals surface area contributed by atoms with E-state index in [4.69, 9.17) is 16.9 Å². The number of nitrogens with one attached hydrogen (secondary N) is 2. The minimum atomic E-state index is -0.203. The molecule has 0 saturated carbocycles. The Morgan fingerprint density at radius 3 is 2.62 bits per heavy atom. The summed E-state index contributed by atoms with van der Waals surface area (Å²) in [6.07, 6.45) is 1.51. The fraction of sp³-hybridized carbons (Fsp3) is 0.0500. The van der Waals surface area contributed by atoms with E-state index in [0.717, 1.165) is 11.3 Å². The molecule has 0 radical (unpaired) electrons. The monoisotopic (exact) mass is 362 g/mol. The molecular weight excluding hydrogens is 348 g/mol. The third-order valence-corrected chi connectivity index (χ3v) is 3.91. The van der Waals surface area contributed by atoms with Crippen LogP contribution in [0.3, 0.4) is 0 Å². The first-order valence-electron chi connectivity index (χ1n) is 7.90. The van der Waals surface area contributed by atoms with E-state index in [2.05, 4.69) is 21.7 Å². The molecule has 5 nitrogen and oxygen atoms in total. The molecule has 1 aromatic heterocycles. The van der Waals surface area contributed by atoms with E-state index in [1.807, 2.05) is 18.2 Å². The summed E-state index contributed by atoms with van der Waals surface area (Å²) in [5, 5.41) is 15.5. The number of pyridine rings is 1. The number of carbonyl (C=O) groups is 1. The van der Waals surface area contributed by atoms with Crippen molar-refractivity contribution < 1.29 is 4.79 Å². The highest BCUT2D eigenvalue weighted by Crippen LogP contribution is 2.16. The summed E-state index contributed by atoms with van der Waals surface area (Å²) in [5.41, 5.74) is 2.76. The molecule has 2 aromatic carbocycles. The Morgan fingerprint density at radius 1 is 1.12 bits per heavy atom. The summed E-state index contributed by atoms with van der Waals surface area (Å²) in [7, 11) is 0. The lowest BCUT2D eigenvalue weighted by Crippen LogP contribution is -2.22. The number of benzene rings is 2. The van der Waals surface area contributed by atoms with Crippen molar-refractivity contribution in [3.05, 3.63) is 88.6 Å². The average molecular weight is 363 g/mol. The van der Waals surface area contributed by atoms with Crippen LogP contribution in [0.15, 0.2) is 66.9 Å². The smallest absolute Gasteiger partial charge is 0.253 e. The summed E-state index contributed by atoms with van der Waals surface area (Å²) in [4.78, 5) is 16.4. The van der Waals surface area contributed by atoms with E-state index in [-0.39, 0.29) is 5.91 Å². The van der Waals surface area contributed by atoms with Gasteiger partial charge in [0.15, 0.2) is 0 Å². The van der Waals surface area contributed by atoms with Crippen LogP contribution in [-0.4, -0.2) is 10.9 Å². The van der Waals surface area contributed by atoms with Gasteiger partial charge in [0.2, 0.25) is 0 Å². The molecule has 0 aliphatic heterocycles. The number of nitrogens with zero attached hydrogens (tertiary/aromatic N) is 2. The van der Waals surface area contributed by atoms with Crippen LogP contribution in [0.2, 0.25) is 5.02 Å². The van der Waals surface area contributed by atoms with Crippen molar-refractivity contribution in [3.63, 3.8) is 0 Å². The highest BCUT2D eigenvalue weighted by molar-refractivity contribution is 6.30. The number of anilines is 2. The highest BCUT2D eigenvalue weighted by atomic mass is 35.5. The molecule has 1 amide bonds. The predicted molar refractivity (Wildman–Crippen MR) is 101 cm³/mol. The van der Waals surface area contributed by atoms with E-state index < -0.39 is 0 Å². The van der Waals surface area contributed by atoms with Crippen LogP contribution in [0.4, 0.5) is 11.5 Å². The number of rotatable bonds is 5. The average Bonchev–Trinajstić information content (AvgIpc) is 2.68. The Bertz CT molecular complexity index is 947. The normalized spacial score (nSPS) is 10.0. The summed E-state index contributed by atoms with van der Waals surface area (Å²) in [6.45, 7) is 0.414. The van der Waals surface area contributed by atoms with Crippen LogP contribution in [-0.2, 0) is 6.54 Å². The highest BCUT2D eigenvalue weighted by Gasteiger charge is 2.06. The summed E-state index contributed by atoms with van der Waals surface area (Å²) >= 11 is 5.84. The van der Waals surface area contributed by atoms with E-state index in [9.17, 15) is 4.79 Å². The molecule has 26 heavy (non-hydrogen) atoms. The molecule has 0 spiro atoms. The summed E-state index contributed by atoms with van der Waals surface area (Å²) in [5.74, 6) is 0.389. The van der Waals surface area contributed by atoms with Crippen LogP contribution in [0.5, 0.6) is 0 Å². The van der Waals surface area contributed by atoms with Crippen LogP contribution < -0.4 is 10.6 Å². The van der Waals surface area contributed by atoms with E-state index >= 15 is 0 Å². The van der Waals surface area contributed by atoms with Gasteiger partial charge in [-0.25, -0.2) is 4.98 Å². The molecule has 6 heteroatoms. The molecule has 0 aliphatic carbocycles. The third-order valence-electron chi connectivity index (χ3n) is 3.66. The molecule has 0 atom stereocenters. The van der Waals surface area contributed by atoms with Gasteiger partial charge in [-0.05, 0) is 48.0 Å². The fourth-order valence-corrected chi connectivity index (χ4v) is 2.43. The zero-order valence-corrected chi connectivity index (χ0v) is 14.5. The first kappa shape index (κ1) is 17.5. The Labute approximate surface area is 156 Å². The second-order valence-electron chi connectivity index (χ2n) is 5.56. The van der Waals surface area contributed by atoms with Crippen LogP contribution >= 0.6 is 11.6 Å². The van der Waals surface area contributed by atoms with Gasteiger partial charge in [-0.15, -0.1) is 0 Å². The lowest BCUT2D eigenvalue weighted by Gasteiger charge is -2.08. The number of nitriles is 1. The Morgan fingerprint density at radius 2 is 1.92 bits per heavy atom. The van der Waals surface area contributed by atoms with E-state index in [1.54, 1.807) is 42.5 Å². The molecule has 2 N–H and O–H groups in total. The van der Waals surface area contributed by atoms with Gasteiger partial charge in [0.25, 0.3) is 5.91 Å². The fourth-order valence-electron chi connectivity index (χ4n) is 2.30. The lowest BCUT2D eigenvalue weighted by atomic mass is 10.2. The maximum Gasteiger partial charge on any atom is 0.253 e. The minimum Gasteiger partial charge on any atom is -0.348 e. The number of aromatic nitrogens is 1. The standard InChI is InChI=1S/C20H15ClN4O/c21-17-7-4-14(5-8-17)12-24-20(26)16-6-9-19(23-13-16)25-18-3-1-2-15(10-18)11-22/h1-10,13H,12H2,(H,23,25)(H,24,26). The van der Waals surface area contributed by atoms with Crippen molar-refractivity contribution >= 4 is 29.0 Å². The Kier molecular flexibility index (Phi) is 5.47. The van der Waals surface area contributed by atoms with Gasteiger partial charge in [-0.3, -0.25) is 4.79 Å². The molecule has 0 bridgehead atoms. The van der Waals surface area contributed by atoms with Crippen LogP contribution in [0, 0.1) is 11.3 Å². The van der Waals surface area contributed by atoms with Crippen molar-refractivity contribution in [1.29, 1.82) is 5.26 Å². The van der Waals surface area contributed by atoms with E-state index in [1.165, 1.54) is 6.20 Å². The largest absolute Gasteiger partial charge is 0.348 e. The summed E-state index contributed by atoms with van der Waals surface area (Å²) in [6, 6.07) is 19.9. The molecule has 3 aromatic rings. The number of hydrogen-bond donors (Lipinski definition) is 2. The van der Waals surface area contributed by atoms with Crippen molar-refractivity contribution in [2.45, 2.75) is 6.54 Å². The number of amides is 1. The van der Waals surface area contributed by atoms with Gasteiger partial charge < -0.3 is 10.6 Å². The van der Waals surface area contributed by atoms with Gasteiger partial charge in [-0.1, -0.05) is 29.8 Å². The first-order chi connectivity index (χ1) is 12.6. The molecule has 128 valence electrons. The predicted octanol–water partition coefficient (Wildman–Crippen LogP) is 4.28.